The summed E-state index contributed by atoms with van der Waals surface area (Å²) in [6, 6.07) is 18.1. The number of hydrogen-bond acceptors (Lipinski definition) is 2. The second kappa shape index (κ2) is 5.90. The average Bonchev–Trinajstić information content (AvgIpc) is 2.38. The lowest BCUT2D eigenvalue weighted by Crippen LogP contribution is -1.84. The van der Waals surface area contributed by atoms with Crippen molar-refractivity contribution in [3.8, 4) is 6.07 Å². The maximum absolute atomic E-state index is 9.00. The Kier molecular flexibility index (Phi) is 4.24. The Labute approximate surface area is 114 Å². The molecular weight excluding hydrogens is 294 g/mol. The first-order chi connectivity index (χ1) is 8.31. The summed E-state index contributed by atoms with van der Waals surface area (Å²) >= 11 is 5.21. The van der Waals surface area contributed by atoms with Crippen LogP contribution in [0.1, 0.15) is 11.1 Å². The number of halogens is 1. The first-order valence-corrected chi connectivity index (χ1v) is 6.94. The van der Waals surface area contributed by atoms with Crippen LogP contribution in [0.4, 0.5) is 0 Å². The number of benzene rings is 2. The molecule has 17 heavy (non-hydrogen) atoms. The highest BCUT2D eigenvalue weighted by molar-refractivity contribution is 9.10. The van der Waals surface area contributed by atoms with Crippen LogP contribution in [-0.4, -0.2) is 0 Å². The maximum atomic E-state index is 9.00. The van der Waals surface area contributed by atoms with Crippen molar-refractivity contribution >= 4 is 27.7 Å². The monoisotopic (exact) mass is 303 g/mol. The molecule has 0 saturated heterocycles. The van der Waals surface area contributed by atoms with Crippen LogP contribution in [0.25, 0.3) is 0 Å². The van der Waals surface area contributed by atoms with Gasteiger partial charge in [-0.1, -0.05) is 46.3 Å². The van der Waals surface area contributed by atoms with Crippen LogP contribution in [0.2, 0.25) is 0 Å². The lowest BCUT2D eigenvalue weighted by molar-refractivity contribution is 1.33. The molecule has 2 rings (SSSR count). The lowest BCUT2D eigenvalue weighted by Gasteiger charge is -2.05. The van der Waals surface area contributed by atoms with E-state index in [1.807, 2.05) is 42.5 Å². The van der Waals surface area contributed by atoms with Crippen molar-refractivity contribution in [3.63, 3.8) is 0 Å². The third kappa shape index (κ3) is 3.12. The van der Waals surface area contributed by atoms with Gasteiger partial charge in [0.25, 0.3) is 0 Å². The predicted molar refractivity (Wildman–Crippen MR) is 74.9 cm³/mol. The van der Waals surface area contributed by atoms with Gasteiger partial charge in [0.15, 0.2) is 0 Å². The van der Waals surface area contributed by atoms with E-state index in [9.17, 15) is 0 Å². The Bertz CT molecular complexity index is 560. The summed E-state index contributed by atoms with van der Waals surface area (Å²) in [5.41, 5.74) is 1.98. The Balaban J connectivity index is 2.13. The summed E-state index contributed by atoms with van der Waals surface area (Å²) < 4.78 is 1.11. The Morgan fingerprint density at radius 3 is 2.53 bits per heavy atom. The highest BCUT2D eigenvalue weighted by Crippen LogP contribution is 2.28. The molecule has 3 heteroatoms. The van der Waals surface area contributed by atoms with Crippen LogP contribution >= 0.6 is 27.7 Å². The molecule has 0 fully saturated rings. The minimum atomic E-state index is 0.740. The minimum absolute atomic E-state index is 0.740. The molecule has 0 spiro atoms. The lowest BCUT2D eigenvalue weighted by atomic mass is 10.2. The molecule has 0 aliphatic heterocycles. The van der Waals surface area contributed by atoms with E-state index < -0.39 is 0 Å². The van der Waals surface area contributed by atoms with Gasteiger partial charge in [-0.15, -0.1) is 11.8 Å². The number of rotatable bonds is 3. The fourth-order valence-electron chi connectivity index (χ4n) is 1.46. The van der Waals surface area contributed by atoms with E-state index >= 15 is 0 Å². The van der Waals surface area contributed by atoms with Gasteiger partial charge in [0.05, 0.1) is 5.56 Å². The zero-order valence-corrected chi connectivity index (χ0v) is 11.5. The van der Waals surface area contributed by atoms with Gasteiger partial charge in [0, 0.05) is 15.1 Å². The van der Waals surface area contributed by atoms with Crippen molar-refractivity contribution in [2.24, 2.45) is 0 Å². The SMILES string of the molecule is N#Cc1ccccc1SCc1ccccc1Br. The summed E-state index contributed by atoms with van der Waals surface area (Å²) in [4.78, 5) is 1.03. The maximum Gasteiger partial charge on any atom is 0.100 e. The molecule has 0 N–H and O–H groups in total. The van der Waals surface area contributed by atoms with Crippen molar-refractivity contribution in [1.29, 1.82) is 5.26 Å². The van der Waals surface area contributed by atoms with Gasteiger partial charge in [0.2, 0.25) is 0 Å². The Morgan fingerprint density at radius 1 is 1.06 bits per heavy atom. The summed E-state index contributed by atoms with van der Waals surface area (Å²) in [6.45, 7) is 0. The number of thioether (sulfide) groups is 1. The van der Waals surface area contributed by atoms with Gasteiger partial charge < -0.3 is 0 Å². The number of nitriles is 1. The highest BCUT2D eigenvalue weighted by atomic mass is 79.9. The van der Waals surface area contributed by atoms with E-state index in [0.717, 1.165) is 20.7 Å². The molecule has 84 valence electrons. The fraction of sp³-hybridized carbons (Fsp3) is 0.0714. The Morgan fingerprint density at radius 2 is 1.76 bits per heavy atom. The third-order valence-electron chi connectivity index (χ3n) is 2.35. The van der Waals surface area contributed by atoms with Gasteiger partial charge in [-0.25, -0.2) is 0 Å². The zero-order chi connectivity index (χ0) is 12.1. The number of hydrogen-bond donors (Lipinski definition) is 0. The Hall–Kier alpha value is -1.24. The van der Waals surface area contributed by atoms with Crippen LogP contribution in [0, 0.1) is 11.3 Å². The summed E-state index contributed by atoms with van der Waals surface area (Å²) in [6.07, 6.45) is 0. The smallest absolute Gasteiger partial charge is 0.100 e. The molecule has 0 aliphatic rings. The zero-order valence-electron chi connectivity index (χ0n) is 9.06. The normalized spacial score (nSPS) is 9.88. The topological polar surface area (TPSA) is 23.8 Å². The van der Waals surface area contributed by atoms with E-state index in [1.54, 1.807) is 11.8 Å². The second-order valence-electron chi connectivity index (χ2n) is 3.49. The van der Waals surface area contributed by atoms with Crippen molar-refractivity contribution in [2.75, 3.05) is 0 Å². The van der Waals surface area contributed by atoms with E-state index in [4.69, 9.17) is 5.26 Å². The predicted octanol–water partition coefficient (Wildman–Crippen LogP) is 4.61. The summed E-state index contributed by atoms with van der Waals surface area (Å²) in [5.74, 6) is 0.861. The van der Waals surface area contributed by atoms with Gasteiger partial charge in [-0.3, -0.25) is 0 Å². The van der Waals surface area contributed by atoms with E-state index in [1.165, 1.54) is 5.56 Å². The van der Waals surface area contributed by atoms with E-state index in [2.05, 4.69) is 28.1 Å². The first-order valence-electron chi connectivity index (χ1n) is 5.16. The summed E-state index contributed by atoms with van der Waals surface area (Å²) in [7, 11) is 0. The van der Waals surface area contributed by atoms with Crippen molar-refractivity contribution in [2.45, 2.75) is 10.6 Å². The van der Waals surface area contributed by atoms with Crippen molar-refractivity contribution in [1.82, 2.24) is 0 Å². The largest absolute Gasteiger partial charge is 0.192 e. The molecule has 0 heterocycles. The highest BCUT2D eigenvalue weighted by Gasteiger charge is 2.03. The van der Waals surface area contributed by atoms with Gasteiger partial charge in [-0.2, -0.15) is 5.26 Å². The van der Waals surface area contributed by atoms with Gasteiger partial charge in [-0.05, 0) is 23.8 Å². The quantitative estimate of drug-likeness (QED) is 0.773. The van der Waals surface area contributed by atoms with E-state index in [-0.39, 0.29) is 0 Å². The van der Waals surface area contributed by atoms with Crippen LogP contribution in [0.3, 0.4) is 0 Å². The van der Waals surface area contributed by atoms with Crippen molar-refractivity contribution in [3.05, 3.63) is 64.1 Å². The molecule has 0 bridgehead atoms. The van der Waals surface area contributed by atoms with Gasteiger partial charge in [0.1, 0.15) is 6.07 Å². The second-order valence-corrected chi connectivity index (χ2v) is 5.36. The van der Waals surface area contributed by atoms with Crippen LogP contribution < -0.4 is 0 Å². The molecule has 1 nitrogen and oxygen atoms in total. The van der Waals surface area contributed by atoms with Crippen LogP contribution in [0.15, 0.2) is 57.9 Å². The van der Waals surface area contributed by atoms with Crippen LogP contribution in [-0.2, 0) is 5.75 Å². The molecule has 0 aliphatic carbocycles. The molecule has 0 amide bonds. The van der Waals surface area contributed by atoms with E-state index in [0.29, 0.717) is 0 Å². The third-order valence-corrected chi connectivity index (χ3v) is 4.24. The van der Waals surface area contributed by atoms with Crippen molar-refractivity contribution < 1.29 is 0 Å². The fourth-order valence-corrected chi connectivity index (χ4v) is 3.07. The van der Waals surface area contributed by atoms with Gasteiger partial charge >= 0.3 is 0 Å². The average molecular weight is 304 g/mol. The number of nitrogens with zero attached hydrogens (tertiary/aromatic N) is 1. The minimum Gasteiger partial charge on any atom is -0.192 e. The van der Waals surface area contributed by atoms with Crippen LogP contribution in [0.5, 0.6) is 0 Å². The molecule has 2 aromatic carbocycles. The molecule has 2 aromatic rings. The summed E-state index contributed by atoms with van der Waals surface area (Å²) in [5, 5.41) is 9.00. The molecule has 0 radical (unpaired) electrons. The molecule has 0 unspecified atom stereocenters. The molecular formula is C14H10BrNS. The molecule has 0 atom stereocenters. The molecule has 0 saturated carbocycles. The molecule has 0 aromatic heterocycles. The first kappa shape index (κ1) is 12.2. The standard InChI is InChI=1S/C14H10BrNS/c15-13-7-3-1-6-12(13)10-17-14-8-4-2-5-11(14)9-16/h1-8H,10H2.